The molecule has 1 atom stereocenters. The molecule has 0 bridgehead atoms. The highest BCUT2D eigenvalue weighted by molar-refractivity contribution is 6.72. The first-order chi connectivity index (χ1) is 12.3. The number of benzene rings is 2. The minimum atomic E-state index is -2.34. The second-order valence-electron chi connectivity index (χ2n) is 8.97. The van der Waals surface area contributed by atoms with E-state index in [1.54, 1.807) is 0 Å². The summed E-state index contributed by atoms with van der Waals surface area (Å²) in [5.41, 5.74) is 2.59. The molecule has 2 aromatic rings. The van der Waals surface area contributed by atoms with E-state index < -0.39 is 8.32 Å². The molecule has 2 N–H and O–H groups in total. The maximum Gasteiger partial charge on any atom is 0.188 e. The molecule has 26 heavy (non-hydrogen) atoms. The lowest BCUT2D eigenvalue weighted by Crippen LogP contribution is -2.51. The third kappa shape index (κ3) is 3.53. The van der Waals surface area contributed by atoms with Gasteiger partial charge in [-0.15, -0.1) is 0 Å². The smallest absolute Gasteiger partial charge is 0.188 e. The van der Waals surface area contributed by atoms with E-state index in [4.69, 9.17) is 0 Å². The number of hydrogen-bond acceptors (Lipinski definition) is 2. The topological polar surface area (TPSA) is 32.3 Å². The van der Waals surface area contributed by atoms with Crippen LogP contribution >= 0.6 is 0 Å². The van der Waals surface area contributed by atoms with Gasteiger partial charge >= 0.3 is 0 Å². The van der Waals surface area contributed by atoms with Gasteiger partial charge in [-0.2, -0.15) is 0 Å². The molecular formula is C23H33NOSi. The van der Waals surface area contributed by atoms with E-state index in [9.17, 15) is 4.80 Å². The highest BCUT2D eigenvalue weighted by Crippen LogP contribution is 2.52. The molecule has 1 aliphatic heterocycles. The van der Waals surface area contributed by atoms with Crippen LogP contribution in [0.25, 0.3) is 0 Å². The van der Waals surface area contributed by atoms with Gasteiger partial charge in [-0.25, -0.2) is 0 Å². The largest absolute Gasteiger partial charge is 0.432 e. The summed E-state index contributed by atoms with van der Waals surface area (Å²) in [6.45, 7) is 9.75. The molecule has 1 aliphatic rings. The normalized spacial score (nSPS) is 18.9. The quantitative estimate of drug-likeness (QED) is 0.697. The van der Waals surface area contributed by atoms with Gasteiger partial charge in [-0.1, -0.05) is 74.5 Å². The Morgan fingerprint density at radius 1 is 0.962 bits per heavy atom. The Labute approximate surface area is 159 Å². The molecule has 0 amide bonds. The van der Waals surface area contributed by atoms with Crippen molar-refractivity contribution in [2.75, 3.05) is 6.54 Å². The minimum absolute atomic E-state index is 0.108. The zero-order valence-electron chi connectivity index (χ0n) is 16.6. The number of rotatable bonds is 6. The van der Waals surface area contributed by atoms with Crippen molar-refractivity contribution in [2.24, 2.45) is 0 Å². The molecule has 0 unspecified atom stereocenters. The standard InChI is InChI=1S/C23H33NOSi/c1-22(2,26(3,4)25)18-23(21-16-11-17-24-21,19-12-7-5-8-13-19)20-14-9-6-10-15-20/h5-10,12-15,21,24-25H,11,16-18H2,1-4H3/t21-/m0/s1. The predicted molar refractivity (Wildman–Crippen MR) is 113 cm³/mol. The molecule has 2 aromatic carbocycles. The van der Waals surface area contributed by atoms with Crippen molar-refractivity contribution in [3.05, 3.63) is 71.8 Å². The van der Waals surface area contributed by atoms with Gasteiger partial charge in [0.05, 0.1) is 0 Å². The van der Waals surface area contributed by atoms with Gasteiger partial charge in [0.15, 0.2) is 8.32 Å². The molecule has 0 spiro atoms. The van der Waals surface area contributed by atoms with Gasteiger partial charge in [0.1, 0.15) is 0 Å². The van der Waals surface area contributed by atoms with Crippen LogP contribution in [-0.4, -0.2) is 25.7 Å². The van der Waals surface area contributed by atoms with Gasteiger partial charge in [0.2, 0.25) is 0 Å². The summed E-state index contributed by atoms with van der Waals surface area (Å²) in [7, 11) is -2.34. The highest BCUT2D eigenvalue weighted by Gasteiger charge is 2.50. The Morgan fingerprint density at radius 3 is 1.85 bits per heavy atom. The maximum atomic E-state index is 11.1. The van der Waals surface area contributed by atoms with E-state index in [1.807, 2.05) is 0 Å². The predicted octanol–water partition coefficient (Wildman–Crippen LogP) is 5.09. The summed E-state index contributed by atoms with van der Waals surface area (Å²) in [5.74, 6) is 0. The van der Waals surface area contributed by atoms with Gasteiger partial charge in [-0.05, 0) is 55.1 Å². The molecular weight excluding hydrogens is 334 g/mol. The first kappa shape index (κ1) is 19.3. The second-order valence-corrected chi connectivity index (χ2v) is 13.4. The van der Waals surface area contributed by atoms with E-state index in [2.05, 4.69) is 92.9 Å². The van der Waals surface area contributed by atoms with E-state index in [1.165, 1.54) is 24.0 Å². The fourth-order valence-corrected chi connectivity index (χ4v) is 5.10. The van der Waals surface area contributed by atoms with Gasteiger partial charge < -0.3 is 10.1 Å². The lowest BCUT2D eigenvalue weighted by molar-refractivity contribution is 0.299. The van der Waals surface area contributed by atoms with Crippen molar-refractivity contribution in [1.82, 2.24) is 5.32 Å². The Balaban J connectivity index is 2.22. The summed E-state index contributed by atoms with van der Waals surface area (Å²) >= 11 is 0. The van der Waals surface area contributed by atoms with Crippen LogP contribution in [0.1, 0.15) is 44.2 Å². The number of hydrogen-bond donors (Lipinski definition) is 2. The summed E-state index contributed by atoms with van der Waals surface area (Å²) in [4.78, 5) is 11.1. The van der Waals surface area contributed by atoms with Crippen molar-refractivity contribution in [1.29, 1.82) is 0 Å². The molecule has 0 saturated carbocycles. The van der Waals surface area contributed by atoms with Crippen LogP contribution in [0.5, 0.6) is 0 Å². The second kappa shape index (κ2) is 7.30. The van der Waals surface area contributed by atoms with E-state index >= 15 is 0 Å². The monoisotopic (exact) mass is 367 g/mol. The van der Waals surface area contributed by atoms with Crippen molar-refractivity contribution >= 4 is 8.32 Å². The molecule has 1 heterocycles. The van der Waals surface area contributed by atoms with Crippen molar-refractivity contribution in [3.8, 4) is 0 Å². The molecule has 3 heteroatoms. The highest BCUT2D eigenvalue weighted by atomic mass is 28.4. The molecule has 0 aliphatic carbocycles. The zero-order chi connectivity index (χ0) is 18.8. The third-order valence-corrected chi connectivity index (χ3v) is 10.1. The zero-order valence-corrected chi connectivity index (χ0v) is 17.6. The van der Waals surface area contributed by atoms with Gasteiger partial charge in [0.25, 0.3) is 0 Å². The maximum absolute atomic E-state index is 11.1. The fraction of sp³-hybridized carbons (Fsp3) is 0.478. The SMILES string of the molecule is CC(C)(CC(c1ccccc1)(c1ccccc1)[C@@H]1CCCN1)[Si](C)(C)O. The summed E-state index contributed by atoms with van der Waals surface area (Å²) < 4.78 is 0. The van der Waals surface area contributed by atoms with E-state index in [0.29, 0.717) is 6.04 Å². The van der Waals surface area contributed by atoms with Gasteiger partial charge in [-0.3, -0.25) is 0 Å². The summed E-state index contributed by atoms with van der Waals surface area (Å²) in [6.07, 6.45) is 3.33. The van der Waals surface area contributed by atoms with Crippen LogP contribution in [0.3, 0.4) is 0 Å². The van der Waals surface area contributed by atoms with Crippen LogP contribution in [-0.2, 0) is 5.41 Å². The lowest BCUT2D eigenvalue weighted by Gasteiger charge is -2.48. The van der Waals surface area contributed by atoms with Crippen molar-refractivity contribution < 1.29 is 4.80 Å². The Hall–Kier alpha value is -1.42. The molecule has 1 saturated heterocycles. The van der Waals surface area contributed by atoms with E-state index in [-0.39, 0.29) is 10.5 Å². The lowest BCUT2D eigenvalue weighted by atomic mass is 9.64. The van der Waals surface area contributed by atoms with Crippen molar-refractivity contribution in [2.45, 2.75) is 62.7 Å². The molecule has 3 rings (SSSR count). The molecule has 0 aromatic heterocycles. The third-order valence-electron chi connectivity index (χ3n) is 6.61. The Kier molecular flexibility index (Phi) is 5.43. The average Bonchev–Trinajstić information content (AvgIpc) is 3.15. The summed E-state index contributed by atoms with van der Waals surface area (Å²) in [5, 5.41) is 3.69. The van der Waals surface area contributed by atoms with Crippen molar-refractivity contribution in [3.63, 3.8) is 0 Å². The summed E-state index contributed by atoms with van der Waals surface area (Å²) in [6, 6.07) is 22.3. The van der Waals surface area contributed by atoms with Crippen LogP contribution < -0.4 is 5.32 Å². The Bertz CT molecular complexity index is 660. The van der Waals surface area contributed by atoms with Crippen LogP contribution in [0, 0.1) is 0 Å². The molecule has 0 radical (unpaired) electrons. The first-order valence-electron chi connectivity index (χ1n) is 9.84. The molecule has 140 valence electrons. The minimum Gasteiger partial charge on any atom is -0.432 e. The van der Waals surface area contributed by atoms with E-state index in [0.717, 1.165) is 13.0 Å². The van der Waals surface area contributed by atoms with Crippen LogP contribution in [0.2, 0.25) is 18.1 Å². The van der Waals surface area contributed by atoms with Crippen LogP contribution in [0.15, 0.2) is 60.7 Å². The Morgan fingerprint density at radius 2 is 1.46 bits per heavy atom. The molecule has 2 nitrogen and oxygen atoms in total. The fourth-order valence-electron chi connectivity index (χ4n) is 4.39. The number of nitrogens with one attached hydrogen (secondary N) is 1. The van der Waals surface area contributed by atoms with Gasteiger partial charge in [0, 0.05) is 11.5 Å². The molecule has 1 fully saturated rings. The first-order valence-corrected chi connectivity index (χ1v) is 12.8. The van der Waals surface area contributed by atoms with Crippen LogP contribution in [0.4, 0.5) is 0 Å². The average molecular weight is 368 g/mol.